The van der Waals surface area contributed by atoms with Gasteiger partial charge in [-0.2, -0.15) is 0 Å². The van der Waals surface area contributed by atoms with Crippen LogP contribution in [0.2, 0.25) is 5.02 Å². The molecule has 0 spiro atoms. The molecule has 0 aromatic heterocycles. The Kier molecular flexibility index (Phi) is 4.63. The molecule has 1 saturated carbocycles. The Morgan fingerprint density at radius 2 is 1.90 bits per heavy atom. The highest BCUT2D eigenvalue weighted by molar-refractivity contribution is 6.33. The zero-order chi connectivity index (χ0) is 14.9. The summed E-state index contributed by atoms with van der Waals surface area (Å²) in [5.41, 5.74) is 12.7. The summed E-state index contributed by atoms with van der Waals surface area (Å²) < 4.78 is 14.5. The molecule has 0 heterocycles. The molecule has 20 heavy (non-hydrogen) atoms. The molecule has 0 atom stereocenters. The van der Waals surface area contributed by atoms with E-state index >= 15 is 0 Å². The summed E-state index contributed by atoms with van der Waals surface area (Å²) in [6.07, 6.45) is 4.52. The highest BCUT2D eigenvalue weighted by Gasteiger charge is 2.28. The standard InChI is InChI=1S/C15H23ClFN3/c1-9(2)8-20(10-5-3-4-6-10)15-12(19)7-11(18)13(16)14(15)17/h7,9-10H,3-6,8,18-19H2,1-2H3. The molecule has 4 N–H and O–H groups in total. The zero-order valence-corrected chi connectivity index (χ0v) is 12.9. The van der Waals surface area contributed by atoms with E-state index in [9.17, 15) is 4.39 Å². The average molecular weight is 300 g/mol. The van der Waals surface area contributed by atoms with E-state index in [-0.39, 0.29) is 10.7 Å². The van der Waals surface area contributed by atoms with Crippen LogP contribution in [0.1, 0.15) is 39.5 Å². The topological polar surface area (TPSA) is 55.3 Å². The van der Waals surface area contributed by atoms with Crippen LogP contribution >= 0.6 is 11.6 Å². The van der Waals surface area contributed by atoms with E-state index in [4.69, 9.17) is 23.1 Å². The Labute approximate surface area is 125 Å². The summed E-state index contributed by atoms with van der Waals surface area (Å²) in [6, 6.07) is 1.90. The normalized spacial score (nSPS) is 16.1. The molecule has 0 radical (unpaired) electrons. The molecule has 0 amide bonds. The Morgan fingerprint density at radius 3 is 2.45 bits per heavy atom. The summed E-state index contributed by atoms with van der Waals surface area (Å²) in [6.45, 7) is 5.01. The molecular weight excluding hydrogens is 277 g/mol. The molecule has 3 nitrogen and oxygen atoms in total. The van der Waals surface area contributed by atoms with Gasteiger partial charge in [-0.3, -0.25) is 0 Å². The number of hydrogen-bond acceptors (Lipinski definition) is 3. The monoisotopic (exact) mass is 299 g/mol. The van der Waals surface area contributed by atoms with Gasteiger partial charge in [0.1, 0.15) is 5.02 Å². The van der Waals surface area contributed by atoms with Crippen molar-refractivity contribution in [1.82, 2.24) is 0 Å². The van der Waals surface area contributed by atoms with Gasteiger partial charge in [-0.25, -0.2) is 4.39 Å². The number of rotatable bonds is 4. The second-order valence-electron chi connectivity index (χ2n) is 6.02. The number of benzene rings is 1. The van der Waals surface area contributed by atoms with E-state index < -0.39 is 5.82 Å². The van der Waals surface area contributed by atoms with Gasteiger partial charge in [0.2, 0.25) is 0 Å². The van der Waals surface area contributed by atoms with Crippen LogP contribution < -0.4 is 16.4 Å². The van der Waals surface area contributed by atoms with E-state index in [0.717, 1.165) is 19.4 Å². The molecule has 0 aliphatic heterocycles. The van der Waals surface area contributed by atoms with Crippen molar-refractivity contribution in [3.05, 3.63) is 16.9 Å². The number of halogens is 2. The lowest BCUT2D eigenvalue weighted by Crippen LogP contribution is -2.37. The average Bonchev–Trinajstić information content (AvgIpc) is 2.88. The fraction of sp³-hybridized carbons (Fsp3) is 0.600. The van der Waals surface area contributed by atoms with Crippen LogP contribution in [0.4, 0.5) is 21.5 Å². The number of nitrogens with zero attached hydrogens (tertiary/aromatic N) is 1. The maximum atomic E-state index is 14.5. The van der Waals surface area contributed by atoms with Gasteiger partial charge in [0, 0.05) is 12.6 Å². The Bertz CT molecular complexity index is 484. The van der Waals surface area contributed by atoms with Crippen molar-refractivity contribution in [2.24, 2.45) is 5.92 Å². The van der Waals surface area contributed by atoms with Crippen LogP contribution in [0, 0.1) is 11.7 Å². The van der Waals surface area contributed by atoms with Crippen molar-refractivity contribution >= 4 is 28.7 Å². The van der Waals surface area contributed by atoms with E-state index in [1.807, 2.05) is 0 Å². The summed E-state index contributed by atoms with van der Waals surface area (Å²) in [5.74, 6) is -0.0672. The van der Waals surface area contributed by atoms with Gasteiger partial charge >= 0.3 is 0 Å². The molecule has 0 unspecified atom stereocenters. The van der Waals surface area contributed by atoms with Gasteiger partial charge in [-0.05, 0) is 24.8 Å². The van der Waals surface area contributed by atoms with Crippen LogP contribution in [0.15, 0.2) is 6.07 Å². The number of nitrogens with two attached hydrogens (primary N) is 2. The van der Waals surface area contributed by atoms with E-state index in [1.54, 1.807) is 6.07 Å². The van der Waals surface area contributed by atoms with Crippen molar-refractivity contribution in [3.63, 3.8) is 0 Å². The van der Waals surface area contributed by atoms with Gasteiger partial charge in [0.15, 0.2) is 5.82 Å². The summed E-state index contributed by atoms with van der Waals surface area (Å²) in [4.78, 5) is 2.09. The molecule has 0 saturated heterocycles. The van der Waals surface area contributed by atoms with Gasteiger partial charge in [-0.1, -0.05) is 38.3 Å². The molecule has 5 heteroatoms. The Morgan fingerprint density at radius 1 is 1.30 bits per heavy atom. The highest BCUT2D eigenvalue weighted by Crippen LogP contribution is 2.39. The van der Waals surface area contributed by atoms with Crippen LogP contribution in [0.5, 0.6) is 0 Å². The molecule has 0 bridgehead atoms. The Balaban J connectivity index is 2.45. The van der Waals surface area contributed by atoms with Crippen LogP contribution in [0.25, 0.3) is 0 Å². The quantitative estimate of drug-likeness (QED) is 0.825. The first kappa shape index (κ1) is 15.2. The summed E-state index contributed by atoms with van der Waals surface area (Å²) in [7, 11) is 0. The van der Waals surface area contributed by atoms with Crippen molar-refractivity contribution < 1.29 is 4.39 Å². The first-order chi connectivity index (χ1) is 9.41. The lowest BCUT2D eigenvalue weighted by molar-refractivity contribution is 0.521. The Hall–Kier alpha value is -1.16. The number of anilines is 3. The first-order valence-electron chi connectivity index (χ1n) is 7.21. The minimum Gasteiger partial charge on any atom is -0.397 e. The third kappa shape index (κ3) is 2.95. The third-order valence-electron chi connectivity index (χ3n) is 3.85. The molecular formula is C15H23ClFN3. The molecule has 1 fully saturated rings. The third-order valence-corrected chi connectivity index (χ3v) is 4.24. The van der Waals surface area contributed by atoms with Gasteiger partial charge < -0.3 is 16.4 Å². The predicted molar refractivity (Wildman–Crippen MR) is 84.7 cm³/mol. The second-order valence-corrected chi connectivity index (χ2v) is 6.39. The minimum atomic E-state index is -0.489. The lowest BCUT2D eigenvalue weighted by Gasteiger charge is -2.34. The van der Waals surface area contributed by atoms with Gasteiger partial charge in [0.25, 0.3) is 0 Å². The molecule has 1 aromatic rings. The number of nitrogen functional groups attached to an aromatic ring is 2. The minimum absolute atomic E-state index is 0.0269. The second kappa shape index (κ2) is 6.08. The molecule has 1 aromatic carbocycles. The lowest BCUT2D eigenvalue weighted by atomic mass is 10.1. The van der Waals surface area contributed by atoms with Crippen molar-refractivity contribution in [1.29, 1.82) is 0 Å². The summed E-state index contributed by atoms with van der Waals surface area (Å²) in [5, 5.41) is -0.0269. The zero-order valence-electron chi connectivity index (χ0n) is 12.1. The fourth-order valence-corrected chi connectivity index (χ4v) is 3.12. The van der Waals surface area contributed by atoms with Crippen LogP contribution in [-0.4, -0.2) is 12.6 Å². The van der Waals surface area contributed by atoms with Crippen LogP contribution in [-0.2, 0) is 0 Å². The van der Waals surface area contributed by atoms with Gasteiger partial charge in [0.05, 0.1) is 17.1 Å². The SMILES string of the molecule is CC(C)CN(c1c(N)cc(N)c(Cl)c1F)C1CCCC1. The fourth-order valence-electron chi connectivity index (χ4n) is 2.98. The molecule has 1 aliphatic rings. The predicted octanol–water partition coefficient (Wildman–Crippen LogP) is 4.05. The molecule has 1 aliphatic carbocycles. The smallest absolute Gasteiger partial charge is 0.169 e. The molecule has 112 valence electrons. The maximum absolute atomic E-state index is 14.5. The van der Waals surface area contributed by atoms with E-state index in [0.29, 0.717) is 23.3 Å². The van der Waals surface area contributed by atoms with Crippen molar-refractivity contribution in [2.45, 2.75) is 45.6 Å². The largest absolute Gasteiger partial charge is 0.397 e. The number of hydrogen-bond donors (Lipinski definition) is 2. The van der Waals surface area contributed by atoms with Crippen LogP contribution in [0.3, 0.4) is 0 Å². The highest BCUT2D eigenvalue weighted by atomic mass is 35.5. The van der Waals surface area contributed by atoms with E-state index in [1.165, 1.54) is 12.8 Å². The van der Waals surface area contributed by atoms with E-state index in [2.05, 4.69) is 18.7 Å². The summed E-state index contributed by atoms with van der Waals surface area (Å²) >= 11 is 5.96. The first-order valence-corrected chi connectivity index (χ1v) is 7.59. The van der Waals surface area contributed by atoms with Crippen molar-refractivity contribution in [2.75, 3.05) is 22.9 Å². The maximum Gasteiger partial charge on any atom is 0.169 e. The van der Waals surface area contributed by atoms with Crippen molar-refractivity contribution in [3.8, 4) is 0 Å². The molecule has 2 rings (SSSR count). The van der Waals surface area contributed by atoms with Gasteiger partial charge in [-0.15, -0.1) is 0 Å².